The summed E-state index contributed by atoms with van der Waals surface area (Å²) in [5.74, 6) is 0.759. The highest BCUT2D eigenvalue weighted by molar-refractivity contribution is 6.16. The Bertz CT molecular complexity index is 767. The van der Waals surface area contributed by atoms with E-state index in [1.807, 2.05) is 42.7 Å². The van der Waals surface area contributed by atoms with E-state index in [0.717, 1.165) is 28.4 Å². The molecule has 4 heteroatoms. The maximum Gasteiger partial charge on any atom is 0.152 e. The highest BCUT2D eigenvalue weighted by Crippen LogP contribution is 2.30. The quantitative estimate of drug-likeness (QED) is 0.790. The van der Waals surface area contributed by atoms with Crippen molar-refractivity contribution in [3.63, 3.8) is 0 Å². The highest BCUT2D eigenvalue weighted by atomic mass is 16.3. The van der Waals surface area contributed by atoms with Crippen molar-refractivity contribution in [2.24, 2.45) is 9.98 Å². The fourth-order valence-electron chi connectivity index (χ4n) is 2.38. The second kappa shape index (κ2) is 4.35. The van der Waals surface area contributed by atoms with Crippen molar-refractivity contribution in [1.29, 1.82) is 0 Å². The SMILES string of the molecule is C1=CN2C(=CN=C(c3ccco3)c3ccccc32)C=N1. The van der Waals surface area contributed by atoms with E-state index in [1.165, 1.54) is 0 Å². The van der Waals surface area contributed by atoms with Gasteiger partial charge in [0.1, 0.15) is 5.71 Å². The molecule has 0 aliphatic carbocycles. The first-order valence-corrected chi connectivity index (χ1v) is 6.34. The summed E-state index contributed by atoms with van der Waals surface area (Å²) in [5, 5.41) is 0. The van der Waals surface area contributed by atoms with Gasteiger partial charge < -0.3 is 9.32 Å². The van der Waals surface area contributed by atoms with Gasteiger partial charge in [-0.05, 0) is 18.2 Å². The predicted octanol–water partition coefficient (Wildman–Crippen LogP) is 3.33. The minimum Gasteiger partial charge on any atom is -0.463 e. The Hall–Kier alpha value is -2.88. The van der Waals surface area contributed by atoms with Crippen LogP contribution in [0.15, 0.2) is 81.4 Å². The van der Waals surface area contributed by atoms with E-state index >= 15 is 0 Å². The van der Waals surface area contributed by atoms with E-state index < -0.39 is 0 Å². The van der Waals surface area contributed by atoms with Gasteiger partial charge in [0.2, 0.25) is 0 Å². The van der Waals surface area contributed by atoms with Gasteiger partial charge in [0.05, 0.1) is 30.1 Å². The van der Waals surface area contributed by atoms with E-state index in [4.69, 9.17) is 4.42 Å². The third-order valence-electron chi connectivity index (χ3n) is 3.29. The molecule has 0 saturated carbocycles. The lowest BCUT2D eigenvalue weighted by Crippen LogP contribution is -2.19. The summed E-state index contributed by atoms with van der Waals surface area (Å²) in [7, 11) is 0. The molecule has 4 rings (SSSR count). The van der Waals surface area contributed by atoms with Gasteiger partial charge in [-0.3, -0.25) is 4.99 Å². The monoisotopic (exact) mass is 261 g/mol. The molecule has 1 aromatic heterocycles. The summed E-state index contributed by atoms with van der Waals surface area (Å²) in [4.78, 5) is 10.8. The van der Waals surface area contributed by atoms with Gasteiger partial charge in [0.15, 0.2) is 5.76 Å². The molecule has 2 aliphatic heterocycles. The number of allylic oxidation sites excluding steroid dienone is 1. The van der Waals surface area contributed by atoms with Crippen molar-refractivity contribution in [1.82, 2.24) is 0 Å². The van der Waals surface area contributed by atoms with Gasteiger partial charge >= 0.3 is 0 Å². The minimum atomic E-state index is 0.759. The van der Waals surface area contributed by atoms with E-state index in [2.05, 4.69) is 21.0 Å². The topological polar surface area (TPSA) is 41.1 Å². The van der Waals surface area contributed by atoms with E-state index in [1.54, 1.807) is 18.7 Å². The fraction of sp³-hybridized carbons (Fsp3) is 0. The number of para-hydroxylation sites is 1. The van der Waals surface area contributed by atoms with Crippen LogP contribution < -0.4 is 4.90 Å². The molecule has 3 heterocycles. The standard InChI is InChI=1S/C16H11N3O/c1-2-5-14-13(4-1)16(15-6-3-9-20-15)18-11-12-10-17-7-8-19(12)14/h1-11H. The van der Waals surface area contributed by atoms with Crippen molar-refractivity contribution >= 4 is 17.6 Å². The van der Waals surface area contributed by atoms with Crippen molar-refractivity contribution in [2.75, 3.05) is 4.90 Å². The molecule has 0 amide bonds. The molecular weight excluding hydrogens is 250 g/mol. The molecule has 0 saturated heterocycles. The van der Waals surface area contributed by atoms with Crippen LogP contribution in [0.3, 0.4) is 0 Å². The van der Waals surface area contributed by atoms with Gasteiger partial charge in [0, 0.05) is 18.0 Å². The first kappa shape index (κ1) is 11.0. The average molecular weight is 261 g/mol. The summed E-state index contributed by atoms with van der Waals surface area (Å²) >= 11 is 0. The largest absolute Gasteiger partial charge is 0.463 e. The molecule has 0 bridgehead atoms. The summed E-state index contributed by atoms with van der Waals surface area (Å²) in [6.45, 7) is 0. The number of anilines is 1. The van der Waals surface area contributed by atoms with Gasteiger partial charge in [-0.25, -0.2) is 4.99 Å². The molecule has 20 heavy (non-hydrogen) atoms. The minimum absolute atomic E-state index is 0.759. The van der Waals surface area contributed by atoms with Gasteiger partial charge in [-0.15, -0.1) is 0 Å². The molecule has 0 atom stereocenters. The Kier molecular flexibility index (Phi) is 2.39. The number of furan rings is 1. The molecule has 96 valence electrons. The second-order valence-electron chi connectivity index (χ2n) is 4.47. The number of aliphatic imine (C=N–C) groups is 2. The fourth-order valence-corrected chi connectivity index (χ4v) is 2.38. The predicted molar refractivity (Wildman–Crippen MR) is 79.0 cm³/mol. The zero-order chi connectivity index (χ0) is 13.4. The lowest BCUT2D eigenvalue weighted by molar-refractivity contribution is 0.558. The zero-order valence-corrected chi connectivity index (χ0v) is 10.6. The first-order chi connectivity index (χ1) is 9.93. The third-order valence-corrected chi connectivity index (χ3v) is 3.29. The number of hydrogen-bond acceptors (Lipinski definition) is 4. The van der Waals surface area contributed by atoms with Crippen molar-refractivity contribution in [3.05, 3.63) is 78.3 Å². The molecule has 0 N–H and O–H groups in total. The zero-order valence-electron chi connectivity index (χ0n) is 10.6. The van der Waals surface area contributed by atoms with Crippen LogP contribution in [-0.4, -0.2) is 11.9 Å². The number of benzene rings is 1. The molecule has 0 fully saturated rings. The summed E-state index contributed by atoms with van der Waals surface area (Å²) < 4.78 is 5.51. The van der Waals surface area contributed by atoms with Crippen LogP contribution in [0, 0.1) is 0 Å². The average Bonchev–Trinajstić information content (AvgIpc) is 2.97. The number of rotatable bonds is 1. The molecule has 0 unspecified atom stereocenters. The first-order valence-electron chi connectivity index (χ1n) is 6.34. The summed E-state index contributed by atoms with van der Waals surface area (Å²) in [5.41, 5.74) is 3.86. The smallest absolute Gasteiger partial charge is 0.152 e. The van der Waals surface area contributed by atoms with E-state index in [-0.39, 0.29) is 0 Å². The Labute approximate surface area is 116 Å². The van der Waals surface area contributed by atoms with Crippen molar-refractivity contribution in [3.8, 4) is 0 Å². The number of nitrogens with zero attached hydrogens (tertiary/aromatic N) is 3. The lowest BCUT2D eigenvalue weighted by atomic mass is 10.0. The van der Waals surface area contributed by atoms with Gasteiger partial charge in [0.25, 0.3) is 0 Å². The van der Waals surface area contributed by atoms with Crippen LogP contribution in [0.4, 0.5) is 5.69 Å². The summed E-state index contributed by atoms with van der Waals surface area (Å²) in [6.07, 6.45) is 8.97. The molecule has 4 nitrogen and oxygen atoms in total. The Balaban J connectivity index is 1.97. The van der Waals surface area contributed by atoms with Crippen LogP contribution in [-0.2, 0) is 0 Å². The van der Waals surface area contributed by atoms with E-state index in [9.17, 15) is 0 Å². The van der Waals surface area contributed by atoms with Crippen LogP contribution >= 0.6 is 0 Å². The van der Waals surface area contributed by atoms with Crippen LogP contribution in [0.1, 0.15) is 11.3 Å². The summed E-state index contributed by atoms with van der Waals surface area (Å²) in [6, 6.07) is 11.9. The molecule has 0 radical (unpaired) electrons. The molecule has 2 aromatic rings. The second-order valence-corrected chi connectivity index (χ2v) is 4.47. The van der Waals surface area contributed by atoms with Crippen molar-refractivity contribution in [2.45, 2.75) is 0 Å². The maximum atomic E-state index is 5.51. The molecule has 0 spiro atoms. The van der Waals surface area contributed by atoms with Crippen LogP contribution in [0.5, 0.6) is 0 Å². The Morgan fingerprint density at radius 2 is 2.00 bits per heavy atom. The third kappa shape index (κ3) is 1.62. The van der Waals surface area contributed by atoms with E-state index in [0.29, 0.717) is 0 Å². The maximum absolute atomic E-state index is 5.51. The Morgan fingerprint density at radius 3 is 2.90 bits per heavy atom. The number of fused-ring (bicyclic) bond motifs is 3. The molecule has 2 aliphatic rings. The van der Waals surface area contributed by atoms with Crippen LogP contribution in [0.2, 0.25) is 0 Å². The van der Waals surface area contributed by atoms with Gasteiger partial charge in [-0.1, -0.05) is 18.2 Å². The molecular formula is C16H11N3O. The number of hydrogen-bond donors (Lipinski definition) is 0. The molecule has 1 aromatic carbocycles. The lowest BCUT2D eigenvalue weighted by Gasteiger charge is -2.23. The van der Waals surface area contributed by atoms with Gasteiger partial charge in [-0.2, -0.15) is 0 Å². The normalized spacial score (nSPS) is 16.1. The van der Waals surface area contributed by atoms with Crippen molar-refractivity contribution < 1.29 is 4.42 Å². The highest BCUT2D eigenvalue weighted by Gasteiger charge is 2.21. The Morgan fingerprint density at radius 1 is 1.05 bits per heavy atom. The van der Waals surface area contributed by atoms with Crippen LogP contribution in [0.25, 0.3) is 0 Å².